The van der Waals surface area contributed by atoms with Crippen LogP contribution in [0.25, 0.3) is 0 Å². The van der Waals surface area contributed by atoms with Crippen LogP contribution < -0.4 is 10.1 Å². The molecule has 21 heavy (non-hydrogen) atoms. The van der Waals surface area contributed by atoms with Crippen molar-refractivity contribution in [3.05, 3.63) is 29.8 Å². The summed E-state index contributed by atoms with van der Waals surface area (Å²) in [7, 11) is 1.75. The van der Waals surface area contributed by atoms with E-state index in [2.05, 4.69) is 30.4 Å². The zero-order valence-electron chi connectivity index (χ0n) is 13.5. The van der Waals surface area contributed by atoms with Gasteiger partial charge in [-0.1, -0.05) is 31.9 Å². The fourth-order valence-electron chi connectivity index (χ4n) is 3.91. The lowest BCUT2D eigenvalue weighted by molar-refractivity contribution is 0.253. The van der Waals surface area contributed by atoms with Gasteiger partial charge in [-0.05, 0) is 61.6 Å². The summed E-state index contributed by atoms with van der Waals surface area (Å²) in [6, 6.07) is 10.1. The lowest BCUT2D eigenvalue weighted by Crippen LogP contribution is -2.45. The molecule has 1 N–H and O–H groups in total. The Labute approximate surface area is 129 Å². The van der Waals surface area contributed by atoms with Crippen LogP contribution in [0.3, 0.4) is 0 Å². The lowest BCUT2D eigenvalue weighted by atomic mass is 9.75. The topological polar surface area (TPSA) is 21.3 Å². The van der Waals surface area contributed by atoms with Gasteiger partial charge < -0.3 is 10.1 Å². The molecular formula is C19H29NO. The molecule has 1 aromatic carbocycles. The SMILES string of the molecule is COc1cccc(C2CC(NC3CCCC(C)CC3)C2)c1. The Bertz CT molecular complexity index is 453. The number of methoxy groups -OCH3 is 1. The van der Waals surface area contributed by atoms with Gasteiger partial charge in [-0.25, -0.2) is 0 Å². The summed E-state index contributed by atoms with van der Waals surface area (Å²) in [4.78, 5) is 0. The maximum absolute atomic E-state index is 5.33. The van der Waals surface area contributed by atoms with E-state index in [0.717, 1.165) is 29.7 Å². The molecule has 1 aromatic rings. The third kappa shape index (κ3) is 3.79. The summed E-state index contributed by atoms with van der Waals surface area (Å²) >= 11 is 0. The van der Waals surface area contributed by atoms with Gasteiger partial charge in [-0.3, -0.25) is 0 Å². The number of hydrogen-bond donors (Lipinski definition) is 1. The summed E-state index contributed by atoms with van der Waals surface area (Å²) in [5, 5.41) is 3.91. The van der Waals surface area contributed by atoms with E-state index in [1.165, 1.54) is 50.5 Å². The molecule has 0 heterocycles. The van der Waals surface area contributed by atoms with Crippen molar-refractivity contribution >= 4 is 0 Å². The van der Waals surface area contributed by atoms with Crippen LogP contribution >= 0.6 is 0 Å². The molecule has 3 rings (SSSR count). The Kier molecular flexibility index (Phi) is 4.84. The van der Waals surface area contributed by atoms with Crippen molar-refractivity contribution in [3.63, 3.8) is 0 Å². The normalized spacial score (nSPS) is 33.0. The molecule has 0 radical (unpaired) electrons. The fraction of sp³-hybridized carbons (Fsp3) is 0.684. The molecule has 0 spiro atoms. The van der Waals surface area contributed by atoms with Crippen LogP contribution in [0.4, 0.5) is 0 Å². The van der Waals surface area contributed by atoms with Gasteiger partial charge in [0.15, 0.2) is 0 Å². The number of rotatable bonds is 4. The molecule has 2 saturated carbocycles. The number of ether oxygens (including phenoxy) is 1. The van der Waals surface area contributed by atoms with Gasteiger partial charge in [0, 0.05) is 12.1 Å². The van der Waals surface area contributed by atoms with Crippen LogP contribution in [0.15, 0.2) is 24.3 Å². The summed E-state index contributed by atoms with van der Waals surface area (Å²) in [6.45, 7) is 2.41. The molecule has 0 amide bonds. The molecule has 2 aliphatic rings. The highest BCUT2D eigenvalue weighted by Gasteiger charge is 2.32. The Balaban J connectivity index is 1.47. The zero-order chi connectivity index (χ0) is 14.7. The van der Waals surface area contributed by atoms with Crippen molar-refractivity contribution in [1.82, 2.24) is 5.32 Å². The van der Waals surface area contributed by atoms with Gasteiger partial charge in [0.1, 0.15) is 5.75 Å². The number of hydrogen-bond acceptors (Lipinski definition) is 2. The van der Waals surface area contributed by atoms with E-state index >= 15 is 0 Å². The smallest absolute Gasteiger partial charge is 0.119 e. The standard InChI is InChI=1S/C19H29NO/c1-14-5-3-7-17(10-9-14)20-18-11-16(12-18)15-6-4-8-19(13-15)21-2/h4,6,8,13-14,16-18,20H,3,5,7,9-12H2,1-2H3. The molecule has 2 fully saturated rings. The molecule has 2 nitrogen and oxygen atoms in total. The van der Waals surface area contributed by atoms with Crippen molar-refractivity contribution < 1.29 is 4.74 Å². The molecule has 2 unspecified atom stereocenters. The van der Waals surface area contributed by atoms with Gasteiger partial charge >= 0.3 is 0 Å². The average molecular weight is 287 g/mol. The minimum atomic E-state index is 0.724. The molecule has 2 aliphatic carbocycles. The molecule has 2 atom stereocenters. The quantitative estimate of drug-likeness (QED) is 0.823. The van der Waals surface area contributed by atoms with Crippen molar-refractivity contribution in [2.45, 2.75) is 69.9 Å². The predicted octanol–water partition coefficient (Wildman–Crippen LogP) is 4.50. The van der Waals surface area contributed by atoms with Gasteiger partial charge in [0.2, 0.25) is 0 Å². The van der Waals surface area contributed by atoms with Gasteiger partial charge in [0.05, 0.1) is 7.11 Å². The van der Waals surface area contributed by atoms with Crippen molar-refractivity contribution in [2.24, 2.45) is 5.92 Å². The second kappa shape index (κ2) is 6.83. The molecular weight excluding hydrogens is 258 g/mol. The number of benzene rings is 1. The van der Waals surface area contributed by atoms with Crippen LogP contribution in [-0.4, -0.2) is 19.2 Å². The molecule has 2 heteroatoms. The van der Waals surface area contributed by atoms with E-state index in [0.29, 0.717) is 0 Å². The molecule has 0 saturated heterocycles. The third-order valence-electron chi connectivity index (χ3n) is 5.43. The first-order valence-corrected chi connectivity index (χ1v) is 8.64. The fourth-order valence-corrected chi connectivity index (χ4v) is 3.91. The molecule has 0 aliphatic heterocycles. The maximum atomic E-state index is 5.33. The van der Waals surface area contributed by atoms with E-state index in [-0.39, 0.29) is 0 Å². The Morgan fingerprint density at radius 3 is 2.71 bits per heavy atom. The summed E-state index contributed by atoms with van der Waals surface area (Å²) in [6.07, 6.45) is 9.58. The van der Waals surface area contributed by atoms with Crippen molar-refractivity contribution in [1.29, 1.82) is 0 Å². The van der Waals surface area contributed by atoms with Crippen molar-refractivity contribution in [2.75, 3.05) is 7.11 Å². The van der Waals surface area contributed by atoms with Crippen LogP contribution in [0.2, 0.25) is 0 Å². The van der Waals surface area contributed by atoms with Gasteiger partial charge in [-0.15, -0.1) is 0 Å². The summed E-state index contributed by atoms with van der Waals surface area (Å²) < 4.78 is 5.33. The zero-order valence-corrected chi connectivity index (χ0v) is 13.5. The van der Waals surface area contributed by atoms with Crippen LogP contribution in [0.1, 0.15) is 63.4 Å². The second-order valence-electron chi connectivity index (χ2n) is 7.12. The Hall–Kier alpha value is -1.02. The van der Waals surface area contributed by atoms with Crippen molar-refractivity contribution in [3.8, 4) is 5.75 Å². The first-order valence-electron chi connectivity index (χ1n) is 8.64. The monoisotopic (exact) mass is 287 g/mol. The van der Waals surface area contributed by atoms with Gasteiger partial charge in [0.25, 0.3) is 0 Å². The van der Waals surface area contributed by atoms with E-state index in [9.17, 15) is 0 Å². The highest BCUT2D eigenvalue weighted by molar-refractivity contribution is 5.32. The predicted molar refractivity (Wildman–Crippen MR) is 87.9 cm³/mol. The minimum Gasteiger partial charge on any atom is -0.497 e. The molecule has 0 bridgehead atoms. The summed E-state index contributed by atoms with van der Waals surface area (Å²) in [5.74, 6) is 2.65. The average Bonchev–Trinajstić information content (AvgIpc) is 2.67. The minimum absolute atomic E-state index is 0.724. The lowest BCUT2D eigenvalue weighted by Gasteiger charge is -2.39. The maximum Gasteiger partial charge on any atom is 0.119 e. The highest BCUT2D eigenvalue weighted by Crippen LogP contribution is 2.38. The van der Waals surface area contributed by atoms with Crippen LogP contribution in [-0.2, 0) is 0 Å². The first-order chi connectivity index (χ1) is 10.2. The Morgan fingerprint density at radius 2 is 1.90 bits per heavy atom. The summed E-state index contributed by atoms with van der Waals surface area (Å²) in [5.41, 5.74) is 1.45. The van der Waals surface area contributed by atoms with E-state index < -0.39 is 0 Å². The third-order valence-corrected chi connectivity index (χ3v) is 5.43. The van der Waals surface area contributed by atoms with E-state index in [1.807, 2.05) is 6.07 Å². The second-order valence-corrected chi connectivity index (χ2v) is 7.12. The van der Waals surface area contributed by atoms with E-state index in [1.54, 1.807) is 7.11 Å². The van der Waals surface area contributed by atoms with Gasteiger partial charge in [-0.2, -0.15) is 0 Å². The van der Waals surface area contributed by atoms with Crippen LogP contribution in [0, 0.1) is 5.92 Å². The largest absolute Gasteiger partial charge is 0.497 e. The highest BCUT2D eigenvalue weighted by atomic mass is 16.5. The van der Waals surface area contributed by atoms with Crippen LogP contribution in [0.5, 0.6) is 5.75 Å². The molecule has 116 valence electrons. The molecule has 0 aromatic heterocycles. The van der Waals surface area contributed by atoms with E-state index in [4.69, 9.17) is 4.74 Å². The Morgan fingerprint density at radius 1 is 1.05 bits per heavy atom. The number of nitrogens with one attached hydrogen (secondary N) is 1. The first kappa shape index (κ1) is 14.9.